The molecule has 0 fully saturated rings. The van der Waals surface area contributed by atoms with Crippen molar-refractivity contribution in [3.8, 4) is 62.1 Å². The zero-order valence-electron chi connectivity index (χ0n) is 35.7. The summed E-state index contributed by atoms with van der Waals surface area (Å²) in [6, 6.07) is 50.5. The largest absolute Gasteiger partial charge is 0.309 e. The molecule has 0 bridgehead atoms. The summed E-state index contributed by atoms with van der Waals surface area (Å²) in [5.41, 5.74) is 7.29. The molecule has 0 aliphatic rings. The van der Waals surface area contributed by atoms with Crippen molar-refractivity contribution in [2.45, 2.75) is 0 Å². The van der Waals surface area contributed by atoms with Gasteiger partial charge in [-0.25, -0.2) is 15.0 Å². The number of nitrogens with zero attached hydrogens (tertiary/aromatic N) is 4. The Hall–Kier alpha value is -7.21. The van der Waals surface area contributed by atoms with Gasteiger partial charge < -0.3 is 4.57 Å². The van der Waals surface area contributed by atoms with Crippen LogP contribution >= 0.6 is 11.3 Å². The average molecular weight is 739 g/mol. The van der Waals surface area contributed by atoms with Gasteiger partial charge in [-0.05, 0) is 53.5 Å². The van der Waals surface area contributed by atoms with Gasteiger partial charge in [0.2, 0.25) is 0 Å². The molecular formula is C51H32N4S. The molecular weight excluding hydrogens is 701 g/mol. The van der Waals surface area contributed by atoms with Gasteiger partial charge in [0.1, 0.15) is 0 Å². The Balaban J connectivity index is 1.22. The number of para-hydroxylation sites is 2. The summed E-state index contributed by atoms with van der Waals surface area (Å²) in [4.78, 5) is 15.3. The molecule has 0 aliphatic carbocycles. The molecule has 0 unspecified atom stereocenters. The van der Waals surface area contributed by atoms with E-state index in [1.807, 2.05) is 97.1 Å². The highest BCUT2D eigenvalue weighted by Gasteiger charge is 2.21. The lowest BCUT2D eigenvalue weighted by Crippen LogP contribution is -2.02. The van der Waals surface area contributed by atoms with Crippen LogP contribution in [0.15, 0.2) is 194 Å². The normalized spacial score (nSPS) is 13.1. The van der Waals surface area contributed by atoms with Gasteiger partial charge in [0, 0.05) is 58.8 Å². The van der Waals surface area contributed by atoms with Gasteiger partial charge in [0.05, 0.1) is 24.9 Å². The van der Waals surface area contributed by atoms with Gasteiger partial charge in [-0.1, -0.05) is 152 Å². The number of fused-ring (bicyclic) bond motifs is 6. The molecule has 11 aromatic rings. The highest BCUT2D eigenvalue weighted by atomic mass is 32.1. The molecule has 0 aliphatic heterocycles. The minimum absolute atomic E-state index is 0.0232. The third-order valence-electron chi connectivity index (χ3n) is 10.2. The number of thiophene rings is 1. The van der Waals surface area contributed by atoms with Crippen molar-refractivity contribution in [3.63, 3.8) is 0 Å². The van der Waals surface area contributed by atoms with Crippen molar-refractivity contribution in [2.75, 3.05) is 0 Å². The van der Waals surface area contributed by atoms with Crippen LogP contribution < -0.4 is 0 Å². The summed E-state index contributed by atoms with van der Waals surface area (Å²) in [5.74, 6) is 1.46. The van der Waals surface area contributed by atoms with Crippen LogP contribution in [0.25, 0.3) is 104 Å². The second kappa shape index (κ2) is 13.3. The van der Waals surface area contributed by atoms with E-state index in [2.05, 4.69) is 48.5 Å². The zero-order valence-corrected chi connectivity index (χ0v) is 30.5. The van der Waals surface area contributed by atoms with E-state index in [1.165, 1.54) is 12.1 Å². The molecule has 0 saturated carbocycles. The van der Waals surface area contributed by atoms with E-state index >= 15 is 0 Å². The first-order valence-corrected chi connectivity index (χ1v) is 19.1. The van der Waals surface area contributed by atoms with Crippen molar-refractivity contribution in [1.82, 2.24) is 19.5 Å². The van der Waals surface area contributed by atoms with Gasteiger partial charge in [0.25, 0.3) is 0 Å². The highest BCUT2D eigenvalue weighted by Crippen LogP contribution is 2.44. The maximum absolute atomic E-state index is 9.24. The van der Waals surface area contributed by atoms with Gasteiger partial charge in [-0.15, -0.1) is 11.3 Å². The Kier molecular flexibility index (Phi) is 6.29. The Morgan fingerprint density at radius 3 is 1.71 bits per heavy atom. The molecule has 0 radical (unpaired) electrons. The second-order valence-electron chi connectivity index (χ2n) is 13.5. The fraction of sp³-hybridized carbons (Fsp3) is 0. The average Bonchev–Trinajstić information content (AvgIpc) is 3.88. The maximum atomic E-state index is 9.24. The lowest BCUT2D eigenvalue weighted by molar-refractivity contribution is 1.07. The molecule has 0 saturated heterocycles. The van der Waals surface area contributed by atoms with Gasteiger partial charge in [-0.2, -0.15) is 0 Å². The highest BCUT2D eigenvalue weighted by molar-refractivity contribution is 7.26. The predicted molar refractivity (Wildman–Crippen MR) is 234 cm³/mol. The topological polar surface area (TPSA) is 43.6 Å². The number of hydrogen-bond acceptors (Lipinski definition) is 4. The van der Waals surface area contributed by atoms with Gasteiger partial charge in [-0.3, -0.25) is 0 Å². The minimum atomic E-state index is -0.164. The van der Waals surface area contributed by atoms with E-state index in [0.717, 1.165) is 53.6 Å². The van der Waals surface area contributed by atoms with E-state index < -0.39 is 0 Å². The fourth-order valence-corrected chi connectivity index (χ4v) is 8.85. The number of aromatic nitrogens is 4. The van der Waals surface area contributed by atoms with Crippen LogP contribution in [0.3, 0.4) is 0 Å². The first-order valence-electron chi connectivity index (χ1n) is 21.3. The molecule has 5 heteroatoms. The second-order valence-corrected chi connectivity index (χ2v) is 14.6. The maximum Gasteiger partial charge on any atom is 0.164 e. The molecule has 0 amide bonds. The molecule has 0 N–H and O–H groups in total. The quantitative estimate of drug-likeness (QED) is 0.171. The van der Waals surface area contributed by atoms with Crippen molar-refractivity contribution in [2.24, 2.45) is 0 Å². The summed E-state index contributed by atoms with van der Waals surface area (Å²) >= 11 is 1.68. The van der Waals surface area contributed by atoms with Gasteiger partial charge >= 0.3 is 0 Å². The standard InChI is InChI=1S/C51H32N4S/c1-3-15-33(16-4-1)35-19-13-20-36(31-35)50-52-49(34-17-5-2-6-18-34)53-51(54-50)37-29-30-46(55-44-26-10-7-21-38(44)39-22-8-11-27-45(39)55)43(32-37)42-25-14-24-41-40-23-9-12-28-47(40)56-48(41)42/h1-32H/i7D,8D,21D,22D,26D,27D. The van der Waals surface area contributed by atoms with Gasteiger partial charge in [0.15, 0.2) is 17.5 Å². The Morgan fingerprint density at radius 1 is 0.411 bits per heavy atom. The number of hydrogen-bond donors (Lipinski definition) is 0. The third kappa shape index (κ3) is 5.40. The monoisotopic (exact) mass is 738 g/mol. The molecule has 262 valence electrons. The number of rotatable bonds is 6. The molecule has 0 atom stereocenters. The van der Waals surface area contributed by atoms with Crippen molar-refractivity contribution in [3.05, 3.63) is 194 Å². The Labute approximate surface area is 336 Å². The van der Waals surface area contributed by atoms with E-state index in [0.29, 0.717) is 39.8 Å². The molecule has 0 spiro atoms. The Morgan fingerprint density at radius 2 is 0.982 bits per heavy atom. The number of benzene rings is 8. The lowest BCUT2D eigenvalue weighted by Gasteiger charge is -2.17. The lowest BCUT2D eigenvalue weighted by atomic mass is 9.98. The third-order valence-corrected chi connectivity index (χ3v) is 11.4. The van der Waals surface area contributed by atoms with Crippen LogP contribution in [0.5, 0.6) is 0 Å². The minimum Gasteiger partial charge on any atom is -0.309 e. The summed E-state index contributed by atoms with van der Waals surface area (Å²) in [6.07, 6.45) is 0. The summed E-state index contributed by atoms with van der Waals surface area (Å²) in [5, 5.41) is 2.61. The molecule has 56 heavy (non-hydrogen) atoms. The smallest absolute Gasteiger partial charge is 0.164 e. The van der Waals surface area contributed by atoms with Crippen LogP contribution in [0, 0.1) is 0 Å². The Bertz CT molecular complexity index is 3530. The molecule has 4 nitrogen and oxygen atoms in total. The van der Waals surface area contributed by atoms with Crippen LogP contribution in [-0.2, 0) is 0 Å². The molecule has 8 aromatic carbocycles. The summed E-state index contributed by atoms with van der Waals surface area (Å²) in [7, 11) is 0. The van der Waals surface area contributed by atoms with E-state index in [-0.39, 0.29) is 47.0 Å². The van der Waals surface area contributed by atoms with Crippen LogP contribution in [0.2, 0.25) is 0 Å². The molecule has 11 rings (SSSR count). The van der Waals surface area contributed by atoms with Crippen molar-refractivity contribution >= 4 is 53.3 Å². The molecule has 3 aromatic heterocycles. The van der Waals surface area contributed by atoms with Crippen LogP contribution in [-0.4, -0.2) is 19.5 Å². The first kappa shape index (κ1) is 26.5. The first-order chi connectivity index (χ1) is 30.2. The van der Waals surface area contributed by atoms with Crippen molar-refractivity contribution < 1.29 is 8.22 Å². The van der Waals surface area contributed by atoms with E-state index in [1.54, 1.807) is 15.9 Å². The van der Waals surface area contributed by atoms with Crippen LogP contribution in [0.4, 0.5) is 0 Å². The van der Waals surface area contributed by atoms with Crippen LogP contribution in [0.1, 0.15) is 8.22 Å². The van der Waals surface area contributed by atoms with E-state index in [9.17, 15) is 2.74 Å². The predicted octanol–water partition coefficient (Wildman–Crippen LogP) is 13.7. The van der Waals surface area contributed by atoms with E-state index in [4.69, 9.17) is 20.4 Å². The summed E-state index contributed by atoms with van der Waals surface area (Å²) in [6.45, 7) is 0. The summed E-state index contributed by atoms with van der Waals surface area (Å²) < 4.78 is 57.7. The zero-order chi connectivity index (χ0) is 42.2. The molecule has 3 heterocycles. The van der Waals surface area contributed by atoms with Crippen molar-refractivity contribution in [1.29, 1.82) is 0 Å². The SMILES string of the molecule is [2H]c1cc([2H])c2c(c1[2H])c1c([2H])c([2H])cc([2H])c1n2-c1ccc(-c2nc(-c3ccccc3)nc(-c3cccc(-c4ccccc4)c3)n2)cc1-c1cccc2c1sc1ccccc12. The fourth-order valence-electron chi connectivity index (χ4n) is 7.62.